The van der Waals surface area contributed by atoms with Gasteiger partial charge in [0.25, 0.3) is 0 Å². The number of nitrogens with one attached hydrogen (secondary N) is 1. The maximum Gasteiger partial charge on any atom is 0.123 e. The van der Waals surface area contributed by atoms with Gasteiger partial charge in [0, 0.05) is 17.6 Å². The lowest BCUT2D eigenvalue weighted by atomic mass is 9.75. The average molecular weight is 223 g/mol. The highest BCUT2D eigenvalue weighted by Crippen LogP contribution is 2.35. The van der Waals surface area contributed by atoms with Gasteiger partial charge in [-0.3, -0.25) is 0 Å². The molecule has 0 heterocycles. The first-order valence-corrected chi connectivity index (χ1v) is 5.88. The lowest BCUT2D eigenvalue weighted by molar-refractivity contribution is 0.175. The van der Waals surface area contributed by atoms with Crippen LogP contribution < -0.4 is 5.32 Å². The summed E-state index contributed by atoms with van der Waals surface area (Å²) in [6.07, 6.45) is 4.71. The van der Waals surface area contributed by atoms with Gasteiger partial charge in [-0.1, -0.05) is 6.92 Å². The minimum atomic E-state index is -0.297. The summed E-state index contributed by atoms with van der Waals surface area (Å²) in [5.74, 6) is -0.131. The van der Waals surface area contributed by atoms with Crippen LogP contribution in [0.3, 0.4) is 0 Å². The number of halogens is 1. The Bertz CT molecular complexity index is 369. The Morgan fingerprint density at radius 2 is 2.19 bits per heavy atom. The van der Waals surface area contributed by atoms with E-state index < -0.39 is 0 Å². The molecule has 2 rings (SSSR count). The fraction of sp³-hybridized carbons (Fsp3) is 0.538. The van der Waals surface area contributed by atoms with Crippen molar-refractivity contribution in [2.45, 2.75) is 44.7 Å². The van der Waals surface area contributed by atoms with E-state index in [2.05, 4.69) is 12.2 Å². The third-order valence-electron chi connectivity index (χ3n) is 3.68. The van der Waals surface area contributed by atoms with Crippen molar-refractivity contribution in [3.63, 3.8) is 0 Å². The zero-order valence-corrected chi connectivity index (χ0v) is 9.59. The van der Waals surface area contributed by atoms with Crippen LogP contribution >= 0.6 is 0 Å². The molecule has 0 saturated heterocycles. The zero-order valence-electron chi connectivity index (χ0n) is 9.59. The maximum atomic E-state index is 13.0. The Balaban J connectivity index is 2.01. The van der Waals surface area contributed by atoms with Gasteiger partial charge >= 0.3 is 0 Å². The summed E-state index contributed by atoms with van der Waals surface area (Å²) in [5.41, 5.74) is 0.860. The first-order chi connectivity index (χ1) is 7.65. The number of phenols is 1. The Kier molecular flexibility index (Phi) is 3.15. The number of rotatable bonds is 4. The molecule has 1 aliphatic carbocycles. The fourth-order valence-electron chi connectivity index (χ4n) is 2.24. The monoisotopic (exact) mass is 223 g/mol. The molecule has 0 atom stereocenters. The van der Waals surface area contributed by atoms with Gasteiger partial charge in [-0.15, -0.1) is 0 Å². The highest BCUT2D eigenvalue weighted by Gasteiger charge is 2.34. The normalized spacial score (nSPS) is 18.1. The molecule has 0 aliphatic heterocycles. The van der Waals surface area contributed by atoms with E-state index in [-0.39, 0.29) is 17.1 Å². The average Bonchev–Trinajstić information content (AvgIpc) is 2.22. The van der Waals surface area contributed by atoms with Crippen LogP contribution in [0.2, 0.25) is 0 Å². The van der Waals surface area contributed by atoms with E-state index in [1.807, 2.05) is 0 Å². The van der Waals surface area contributed by atoms with Crippen molar-refractivity contribution in [3.8, 4) is 5.75 Å². The lowest BCUT2D eigenvalue weighted by Gasteiger charge is -2.42. The summed E-state index contributed by atoms with van der Waals surface area (Å²) in [6.45, 7) is 2.70. The van der Waals surface area contributed by atoms with Crippen LogP contribution in [0.25, 0.3) is 0 Å². The first kappa shape index (κ1) is 11.4. The van der Waals surface area contributed by atoms with Gasteiger partial charge in [-0.05, 0) is 43.9 Å². The summed E-state index contributed by atoms with van der Waals surface area (Å²) in [4.78, 5) is 0. The number of hydrogen-bond donors (Lipinski definition) is 2. The molecule has 0 amide bonds. The van der Waals surface area contributed by atoms with E-state index >= 15 is 0 Å². The Morgan fingerprint density at radius 3 is 2.75 bits per heavy atom. The molecule has 0 radical (unpaired) electrons. The van der Waals surface area contributed by atoms with E-state index in [1.165, 1.54) is 37.5 Å². The summed E-state index contributed by atoms with van der Waals surface area (Å²) < 4.78 is 13.0. The van der Waals surface area contributed by atoms with Crippen molar-refractivity contribution in [1.29, 1.82) is 0 Å². The smallest absolute Gasteiger partial charge is 0.123 e. The van der Waals surface area contributed by atoms with E-state index in [0.717, 1.165) is 6.42 Å². The van der Waals surface area contributed by atoms with E-state index in [9.17, 15) is 9.50 Å². The van der Waals surface area contributed by atoms with E-state index in [4.69, 9.17) is 0 Å². The topological polar surface area (TPSA) is 32.3 Å². The highest BCUT2D eigenvalue weighted by atomic mass is 19.1. The van der Waals surface area contributed by atoms with Crippen LogP contribution in [0.5, 0.6) is 5.75 Å². The molecule has 1 aliphatic rings. The lowest BCUT2D eigenvalue weighted by Crippen LogP contribution is -2.49. The molecule has 2 N–H and O–H groups in total. The van der Waals surface area contributed by atoms with Gasteiger partial charge in [-0.2, -0.15) is 0 Å². The van der Waals surface area contributed by atoms with Crippen LogP contribution in [-0.4, -0.2) is 10.6 Å². The third kappa shape index (κ3) is 2.19. The second-order valence-electron chi connectivity index (χ2n) is 4.61. The SMILES string of the molecule is CCC1(NCc2cc(F)ccc2O)CCC1. The van der Waals surface area contributed by atoms with E-state index in [0.29, 0.717) is 12.1 Å². The van der Waals surface area contributed by atoms with Gasteiger partial charge in [0.1, 0.15) is 11.6 Å². The molecular formula is C13H18FNO. The summed E-state index contributed by atoms with van der Waals surface area (Å²) in [7, 11) is 0. The second kappa shape index (κ2) is 4.42. The largest absolute Gasteiger partial charge is 0.508 e. The number of aromatic hydroxyl groups is 1. The highest BCUT2D eigenvalue weighted by molar-refractivity contribution is 5.32. The molecule has 0 unspecified atom stereocenters. The predicted octanol–water partition coefficient (Wildman–Crippen LogP) is 2.95. The number of hydrogen-bond acceptors (Lipinski definition) is 2. The molecule has 1 fully saturated rings. The molecule has 1 aromatic carbocycles. The maximum absolute atomic E-state index is 13.0. The van der Waals surface area contributed by atoms with Gasteiger partial charge in [0.15, 0.2) is 0 Å². The van der Waals surface area contributed by atoms with Gasteiger partial charge in [0.05, 0.1) is 0 Å². The molecule has 2 nitrogen and oxygen atoms in total. The molecule has 1 saturated carbocycles. The van der Waals surface area contributed by atoms with Crippen molar-refractivity contribution in [1.82, 2.24) is 5.32 Å². The van der Waals surface area contributed by atoms with Crippen molar-refractivity contribution in [2.75, 3.05) is 0 Å². The molecule has 0 bridgehead atoms. The summed E-state index contributed by atoms with van der Waals surface area (Å²) >= 11 is 0. The van der Waals surface area contributed by atoms with Crippen LogP contribution in [0, 0.1) is 5.82 Å². The van der Waals surface area contributed by atoms with Gasteiger partial charge < -0.3 is 10.4 Å². The Hall–Kier alpha value is -1.09. The molecule has 16 heavy (non-hydrogen) atoms. The Labute approximate surface area is 95.5 Å². The van der Waals surface area contributed by atoms with Gasteiger partial charge in [0.2, 0.25) is 0 Å². The fourth-order valence-corrected chi connectivity index (χ4v) is 2.24. The molecule has 1 aromatic rings. The molecular weight excluding hydrogens is 205 g/mol. The van der Waals surface area contributed by atoms with Crippen molar-refractivity contribution in [3.05, 3.63) is 29.6 Å². The summed E-state index contributed by atoms with van der Waals surface area (Å²) in [6, 6.07) is 4.08. The van der Waals surface area contributed by atoms with Crippen LogP contribution in [-0.2, 0) is 6.54 Å². The van der Waals surface area contributed by atoms with Crippen molar-refractivity contribution >= 4 is 0 Å². The minimum Gasteiger partial charge on any atom is -0.508 e. The van der Waals surface area contributed by atoms with Crippen LogP contribution in [0.4, 0.5) is 4.39 Å². The standard InChI is InChI=1S/C13H18FNO/c1-2-13(6-3-7-13)15-9-10-8-11(14)4-5-12(10)16/h4-5,8,15-16H,2-3,6-7,9H2,1H3. The van der Waals surface area contributed by atoms with Gasteiger partial charge in [-0.25, -0.2) is 4.39 Å². The van der Waals surface area contributed by atoms with Crippen LogP contribution in [0.1, 0.15) is 38.2 Å². The number of benzene rings is 1. The van der Waals surface area contributed by atoms with E-state index in [1.54, 1.807) is 0 Å². The van der Waals surface area contributed by atoms with Crippen LogP contribution in [0.15, 0.2) is 18.2 Å². The Morgan fingerprint density at radius 1 is 1.44 bits per heavy atom. The second-order valence-corrected chi connectivity index (χ2v) is 4.61. The minimum absolute atomic E-state index is 0.166. The molecule has 3 heteroatoms. The number of phenolic OH excluding ortho intramolecular Hbond substituents is 1. The quantitative estimate of drug-likeness (QED) is 0.822. The first-order valence-electron chi connectivity index (χ1n) is 5.88. The zero-order chi connectivity index (χ0) is 11.6. The molecule has 0 aromatic heterocycles. The van der Waals surface area contributed by atoms with Crippen molar-refractivity contribution < 1.29 is 9.50 Å². The predicted molar refractivity (Wildman–Crippen MR) is 61.8 cm³/mol. The van der Waals surface area contributed by atoms with Crippen molar-refractivity contribution in [2.24, 2.45) is 0 Å². The molecule has 0 spiro atoms. The molecule has 88 valence electrons. The summed E-state index contributed by atoms with van der Waals surface area (Å²) in [5, 5.41) is 13.0. The third-order valence-corrected chi connectivity index (χ3v) is 3.68.